The van der Waals surface area contributed by atoms with Crippen LogP contribution in [0.5, 0.6) is 0 Å². The molecule has 0 saturated heterocycles. The van der Waals surface area contributed by atoms with Gasteiger partial charge >= 0.3 is 0 Å². The van der Waals surface area contributed by atoms with Crippen molar-refractivity contribution in [2.45, 2.75) is 51.0 Å². The smallest absolute Gasteiger partial charge is 0.0415 e. The average molecular weight is 258 g/mol. The molecule has 1 aromatic carbocycles. The molecule has 3 rings (SSSR count). The minimum Gasteiger partial charge on any atom is -0.367 e. The maximum absolute atomic E-state index is 6.09. The van der Waals surface area contributed by atoms with Gasteiger partial charge in [0.15, 0.2) is 0 Å². The molecule has 0 aromatic heterocycles. The van der Waals surface area contributed by atoms with E-state index in [0.29, 0.717) is 6.04 Å². The number of fused-ring (bicyclic) bond motifs is 1. The van der Waals surface area contributed by atoms with Crippen molar-refractivity contribution in [3.63, 3.8) is 0 Å². The minimum atomic E-state index is 0.548. The minimum absolute atomic E-state index is 0.548. The van der Waals surface area contributed by atoms with Gasteiger partial charge in [-0.25, -0.2) is 0 Å². The first-order valence-electron chi connectivity index (χ1n) is 7.93. The highest BCUT2D eigenvalue weighted by Crippen LogP contribution is 2.33. The van der Waals surface area contributed by atoms with Gasteiger partial charge in [-0.2, -0.15) is 0 Å². The fraction of sp³-hybridized carbons (Fsp3) is 0.647. The number of hydrogen-bond donors (Lipinski definition) is 1. The molecule has 2 heteroatoms. The van der Waals surface area contributed by atoms with Crippen molar-refractivity contribution in [1.82, 2.24) is 0 Å². The van der Waals surface area contributed by atoms with E-state index in [9.17, 15) is 0 Å². The zero-order chi connectivity index (χ0) is 13.1. The summed E-state index contributed by atoms with van der Waals surface area (Å²) in [6, 6.07) is 9.40. The van der Waals surface area contributed by atoms with Crippen molar-refractivity contribution >= 4 is 5.69 Å². The highest BCUT2D eigenvalue weighted by molar-refractivity contribution is 5.58. The standard InChI is InChI=1S/C17H26N2/c18-13-16(12-14-6-2-1-3-7-14)19-11-10-15-8-4-5-9-17(15)19/h4-5,8-9,14,16H,1-3,6-7,10-13,18H2. The molecule has 0 bridgehead atoms. The normalized spacial score (nSPS) is 21.4. The Kier molecular flexibility index (Phi) is 4.07. The van der Waals surface area contributed by atoms with E-state index in [2.05, 4.69) is 29.2 Å². The predicted octanol–water partition coefficient (Wildman–Crippen LogP) is 3.35. The summed E-state index contributed by atoms with van der Waals surface area (Å²) in [4.78, 5) is 2.57. The molecule has 1 aliphatic heterocycles. The van der Waals surface area contributed by atoms with Gasteiger partial charge in [0, 0.05) is 24.8 Å². The maximum Gasteiger partial charge on any atom is 0.0415 e. The van der Waals surface area contributed by atoms with Crippen molar-refractivity contribution in [3.8, 4) is 0 Å². The van der Waals surface area contributed by atoms with Crippen LogP contribution >= 0.6 is 0 Å². The molecular weight excluding hydrogens is 232 g/mol. The van der Waals surface area contributed by atoms with Gasteiger partial charge in [0.1, 0.15) is 0 Å². The second-order valence-electron chi connectivity index (χ2n) is 6.20. The number of rotatable bonds is 4. The molecule has 1 atom stereocenters. The maximum atomic E-state index is 6.09. The molecule has 2 aliphatic rings. The lowest BCUT2D eigenvalue weighted by Gasteiger charge is -2.33. The first-order valence-corrected chi connectivity index (χ1v) is 7.93. The van der Waals surface area contributed by atoms with Crippen LogP contribution in [0.15, 0.2) is 24.3 Å². The lowest BCUT2D eigenvalue weighted by molar-refractivity contribution is 0.314. The molecule has 1 saturated carbocycles. The number of anilines is 1. The van der Waals surface area contributed by atoms with Crippen LogP contribution in [0.4, 0.5) is 5.69 Å². The van der Waals surface area contributed by atoms with E-state index < -0.39 is 0 Å². The number of nitrogens with two attached hydrogens (primary N) is 1. The first-order chi connectivity index (χ1) is 9.38. The van der Waals surface area contributed by atoms with Crippen LogP contribution < -0.4 is 10.6 Å². The van der Waals surface area contributed by atoms with Gasteiger partial charge in [-0.05, 0) is 30.4 Å². The summed E-state index contributed by atoms with van der Waals surface area (Å²) in [5, 5.41) is 0. The SMILES string of the molecule is NCC(CC1CCCCC1)N1CCc2ccccc21. The Hall–Kier alpha value is -1.02. The molecule has 0 radical (unpaired) electrons. The molecule has 1 heterocycles. The van der Waals surface area contributed by atoms with Gasteiger partial charge in [0.25, 0.3) is 0 Å². The number of nitrogens with zero attached hydrogens (tertiary/aromatic N) is 1. The van der Waals surface area contributed by atoms with Crippen molar-refractivity contribution in [3.05, 3.63) is 29.8 Å². The third kappa shape index (κ3) is 2.79. The van der Waals surface area contributed by atoms with Crippen LogP contribution in [-0.2, 0) is 6.42 Å². The van der Waals surface area contributed by atoms with Crippen LogP contribution in [-0.4, -0.2) is 19.1 Å². The van der Waals surface area contributed by atoms with Crippen LogP contribution in [0.2, 0.25) is 0 Å². The number of hydrogen-bond acceptors (Lipinski definition) is 2. The summed E-state index contributed by atoms with van der Waals surface area (Å²) in [5.74, 6) is 0.912. The molecular formula is C17H26N2. The van der Waals surface area contributed by atoms with Gasteiger partial charge in [-0.1, -0.05) is 50.3 Å². The summed E-state index contributed by atoms with van der Waals surface area (Å²) >= 11 is 0. The zero-order valence-electron chi connectivity index (χ0n) is 11.9. The average Bonchev–Trinajstić information content (AvgIpc) is 2.90. The molecule has 1 aliphatic carbocycles. The lowest BCUT2D eigenvalue weighted by atomic mass is 9.84. The van der Waals surface area contributed by atoms with Gasteiger partial charge in [0.2, 0.25) is 0 Å². The van der Waals surface area contributed by atoms with E-state index in [-0.39, 0.29) is 0 Å². The van der Waals surface area contributed by atoms with E-state index in [1.807, 2.05) is 0 Å². The van der Waals surface area contributed by atoms with Crippen LogP contribution in [0.1, 0.15) is 44.1 Å². The van der Waals surface area contributed by atoms with Crippen molar-refractivity contribution in [2.75, 3.05) is 18.0 Å². The largest absolute Gasteiger partial charge is 0.367 e. The first kappa shape index (κ1) is 13.0. The Balaban J connectivity index is 1.69. The van der Waals surface area contributed by atoms with Gasteiger partial charge in [-0.15, -0.1) is 0 Å². The fourth-order valence-corrected chi connectivity index (χ4v) is 3.90. The summed E-state index contributed by atoms with van der Waals surface area (Å²) in [6.07, 6.45) is 9.63. The summed E-state index contributed by atoms with van der Waals surface area (Å²) in [5.41, 5.74) is 9.03. The Morgan fingerprint density at radius 3 is 2.74 bits per heavy atom. The van der Waals surface area contributed by atoms with E-state index in [1.54, 1.807) is 0 Å². The van der Waals surface area contributed by atoms with E-state index in [0.717, 1.165) is 19.0 Å². The molecule has 1 fully saturated rings. The van der Waals surface area contributed by atoms with Gasteiger partial charge in [-0.3, -0.25) is 0 Å². The highest BCUT2D eigenvalue weighted by Gasteiger charge is 2.27. The van der Waals surface area contributed by atoms with Gasteiger partial charge in [0.05, 0.1) is 0 Å². The predicted molar refractivity (Wildman–Crippen MR) is 81.5 cm³/mol. The number of para-hydroxylation sites is 1. The zero-order valence-corrected chi connectivity index (χ0v) is 11.9. The van der Waals surface area contributed by atoms with E-state index in [1.165, 1.54) is 56.2 Å². The molecule has 0 amide bonds. The number of benzene rings is 1. The lowest BCUT2D eigenvalue weighted by Crippen LogP contribution is -2.41. The van der Waals surface area contributed by atoms with E-state index >= 15 is 0 Å². The van der Waals surface area contributed by atoms with E-state index in [4.69, 9.17) is 5.73 Å². The quantitative estimate of drug-likeness (QED) is 0.897. The Bertz CT molecular complexity index is 409. The van der Waals surface area contributed by atoms with Crippen LogP contribution in [0.3, 0.4) is 0 Å². The second kappa shape index (κ2) is 5.96. The molecule has 2 N–H and O–H groups in total. The summed E-state index contributed by atoms with van der Waals surface area (Å²) in [6.45, 7) is 1.96. The Morgan fingerprint density at radius 2 is 1.95 bits per heavy atom. The molecule has 19 heavy (non-hydrogen) atoms. The topological polar surface area (TPSA) is 29.3 Å². The molecule has 1 aromatic rings. The monoisotopic (exact) mass is 258 g/mol. The van der Waals surface area contributed by atoms with Crippen molar-refractivity contribution in [1.29, 1.82) is 0 Å². The van der Waals surface area contributed by atoms with Crippen molar-refractivity contribution < 1.29 is 0 Å². The van der Waals surface area contributed by atoms with Crippen LogP contribution in [0.25, 0.3) is 0 Å². The van der Waals surface area contributed by atoms with Gasteiger partial charge < -0.3 is 10.6 Å². The molecule has 1 unspecified atom stereocenters. The van der Waals surface area contributed by atoms with Crippen LogP contribution in [0, 0.1) is 5.92 Å². The summed E-state index contributed by atoms with van der Waals surface area (Å²) in [7, 11) is 0. The van der Waals surface area contributed by atoms with Crippen molar-refractivity contribution in [2.24, 2.45) is 11.7 Å². The molecule has 0 spiro atoms. The Morgan fingerprint density at radius 1 is 1.16 bits per heavy atom. The molecule has 2 nitrogen and oxygen atoms in total. The molecule has 104 valence electrons. The highest BCUT2D eigenvalue weighted by atomic mass is 15.2. The second-order valence-corrected chi connectivity index (χ2v) is 6.20. The fourth-order valence-electron chi connectivity index (χ4n) is 3.90. The Labute approximate surface area is 117 Å². The third-order valence-electron chi connectivity index (χ3n) is 4.97. The third-order valence-corrected chi connectivity index (χ3v) is 4.97. The summed E-state index contributed by atoms with van der Waals surface area (Å²) < 4.78 is 0.